The van der Waals surface area contributed by atoms with E-state index in [4.69, 9.17) is 0 Å². The van der Waals surface area contributed by atoms with E-state index in [0.29, 0.717) is 4.83 Å². The van der Waals surface area contributed by atoms with Gasteiger partial charge in [0, 0.05) is 9.70 Å². The van der Waals surface area contributed by atoms with E-state index >= 15 is 0 Å². The van der Waals surface area contributed by atoms with Gasteiger partial charge in [-0.3, -0.25) is 0 Å². The van der Waals surface area contributed by atoms with Crippen LogP contribution in [0, 0.1) is 12.8 Å². The Morgan fingerprint density at radius 3 is 2.67 bits per heavy atom. The Morgan fingerprint density at radius 1 is 1.47 bits per heavy atom. The number of alkyl halides is 1. The first-order chi connectivity index (χ1) is 7.16. The van der Waals surface area contributed by atoms with Gasteiger partial charge in [-0.2, -0.15) is 0 Å². The molecular formula is C12H16Br2S. The van der Waals surface area contributed by atoms with E-state index in [9.17, 15) is 0 Å². The fraction of sp³-hybridized carbons (Fsp3) is 0.667. The lowest BCUT2D eigenvalue weighted by atomic mass is 10.0. The van der Waals surface area contributed by atoms with Crippen LogP contribution in [0.3, 0.4) is 0 Å². The lowest BCUT2D eigenvalue weighted by Crippen LogP contribution is -1.97. The van der Waals surface area contributed by atoms with Gasteiger partial charge in [0.1, 0.15) is 0 Å². The van der Waals surface area contributed by atoms with Crippen molar-refractivity contribution in [2.45, 2.75) is 43.9 Å². The predicted molar refractivity (Wildman–Crippen MR) is 75.0 cm³/mol. The number of thiophene rings is 1. The van der Waals surface area contributed by atoms with Crippen LogP contribution in [-0.2, 0) is 0 Å². The molecule has 0 radical (unpaired) electrons. The van der Waals surface area contributed by atoms with Crippen molar-refractivity contribution < 1.29 is 0 Å². The van der Waals surface area contributed by atoms with Crippen LogP contribution in [0.1, 0.15) is 47.4 Å². The number of rotatable bonds is 3. The molecule has 1 aliphatic rings. The molecule has 2 rings (SSSR count). The second kappa shape index (κ2) is 5.33. The zero-order valence-corrected chi connectivity index (χ0v) is 12.9. The van der Waals surface area contributed by atoms with Crippen molar-refractivity contribution in [2.75, 3.05) is 0 Å². The Hall–Kier alpha value is 0.660. The Morgan fingerprint density at radius 2 is 2.13 bits per heavy atom. The smallest absolute Gasteiger partial charge is 0.0730 e. The summed E-state index contributed by atoms with van der Waals surface area (Å²) in [6.07, 6.45) is 7.07. The van der Waals surface area contributed by atoms with Crippen LogP contribution in [0.15, 0.2) is 9.85 Å². The monoisotopic (exact) mass is 350 g/mol. The normalized spacial score (nSPS) is 19.7. The van der Waals surface area contributed by atoms with Gasteiger partial charge in [0.05, 0.1) is 3.79 Å². The molecule has 1 aromatic heterocycles. The van der Waals surface area contributed by atoms with E-state index in [1.807, 2.05) is 11.3 Å². The summed E-state index contributed by atoms with van der Waals surface area (Å²) in [5.74, 6) is 0.954. The van der Waals surface area contributed by atoms with E-state index in [-0.39, 0.29) is 0 Å². The highest BCUT2D eigenvalue weighted by Gasteiger charge is 2.20. The third kappa shape index (κ3) is 3.07. The molecule has 3 heteroatoms. The first-order valence-corrected chi connectivity index (χ1v) is 8.09. The maximum absolute atomic E-state index is 3.83. The van der Waals surface area contributed by atoms with Crippen LogP contribution >= 0.6 is 43.2 Å². The quantitative estimate of drug-likeness (QED) is 0.600. The Balaban J connectivity index is 1.97. The highest BCUT2D eigenvalue weighted by Crippen LogP contribution is 2.41. The summed E-state index contributed by atoms with van der Waals surface area (Å²) in [5, 5.41) is 0. The second-order valence-electron chi connectivity index (χ2n) is 4.46. The molecule has 0 aromatic carbocycles. The maximum atomic E-state index is 3.83. The molecule has 0 saturated heterocycles. The minimum absolute atomic E-state index is 0.565. The standard InChI is InChI=1S/C12H16Br2S/c1-8-6-11(15-12(8)14)10(13)7-9-4-2-3-5-9/h6,9-10H,2-5,7H2,1H3. The first-order valence-electron chi connectivity index (χ1n) is 5.56. The minimum atomic E-state index is 0.565. The summed E-state index contributed by atoms with van der Waals surface area (Å²) in [6.45, 7) is 2.17. The van der Waals surface area contributed by atoms with Crippen molar-refractivity contribution in [3.63, 3.8) is 0 Å². The second-order valence-corrected chi connectivity index (χ2v) is 7.97. The predicted octanol–water partition coefficient (Wildman–Crippen LogP) is 5.84. The fourth-order valence-electron chi connectivity index (χ4n) is 2.29. The molecule has 0 spiro atoms. The summed E-state index contributed by atoms with van der Waals surface area (Å²) in [6, 6.07) is 2.31. The topological polar surface area (TPSA) is 0 Å². The molecule has 1 heterocycles. The Kier molecular flexibility index (Phi) is 4.31. The Bertz CT molecular complexity index is 307. The van der Waals surface area contributed by atoms with Crippen LogP contribution in [0.25, 0.3) is 0 Å². The zero-order valence-electron chi connectivity index (χ0n) is 8.93. The fourth-order valence-corrected chi connectivity index (χ4v) is 4.80. The molecule has 0 aliphatic heterocycles. The van der Waals surface area contributed by atoms with Crippen molar-refractivity contribution in [1.29, 1.82) is 0 Å². The van der Waals surface area contributed by atoms with Gasteiger partial charge in [-0.05, 0) is 46.8 Å². The largest absolute Gasteiger partial charge is 0.132 e. The zero-order chi connectivity index (χ0) is 10.8. The lowest BCUT2D eigenvalue weighted by molar-refractivity contribution is 0.504. The van der Waals surface area contributed by atoms with E-state index in [1.165, 1.54) is 46.3 Å². The molecule has 1 fully saturated rings. The molecule has 0 N–H and O–H groups in total. The minimum Gasteiger partial charge on any atom is -0.132 e. The van der Waals surface area contributed by atoms with Gasteiger partial charge in [0.25, 0.3) is 0 Å². The molecule has 1 aliphatic carbocycles. The van der Waals surface area contributed by atoms with Gasteiger partial charge in [-0.1, -0.05) is 41.6 Å². The number of halogens is 2. The summed E-state index contributed by atoms with van der Waals surface area (Å²) in [7, 11) is 0. The molecule has 0 nitrogen and oxygen atoms in total. The molecule has 84 valence electrons. The van der Waals surface area contributed by atoms with Crippen molar-refractivity contribution in [3.8, 4) is 0 Å². The van der Waals surface area contributed by atoms with Crippen molar-refractivity contribution in [3.05, 3.63) is 20.3 Å². The number of aryl methyl sites for hydroxylation is 1. The highest BCUT2D eigenvalue weighted by molar-refractivity contribution is 9.11. The lowest BCUT2D eigenvalue weighted by Gasteiger charge is -2.12. The van der Waals surface area contributed by atoms with Crippen LogP contribution in [0.5, 0.6) is 0 Å². The van der Waals surface area contributed by atoms with Crippen LogP contribution in [-0.4, -0.2) is 0 Å². The van der Waals surface area contributed by atoms with Gasteiger partial charge in [-0.15, -0.1) is 11.3 Å². The average molecular weight is 352 g/mol. The van der Waals surface area contributed by atoms with Crippen LogP contribution in [0.4, 0.5) is 0 Å². The SMILES string of the molecule is Cc1cc(C(Br)CC2CCCC2)sc1Br. The number of hydrogen-bond donors (Lipinski definition) is 0. The van der Waals surface area contributed by atoms with Gasteiger partial charge < -0.3 is 0 Å². The molecule has 1 aromatic rings. The molecule has 0 bridgehead atoms. The van der Waals surface area contributed by atoms with Gasteiger partial charge in [-0.25, -0.2) is 0 Å². The third-order valence-electron chi connectivity index (χ3n) is 3.20. The number of hydrogen-bond acceptors (Lipinski definition) is 1. The Labute approximate surface area is 113 Å². The summed E-state index contributed by atoms with van der Waals surface area (Å²) in [4.78, 5) is 2.04. The van der Waals surface area contributed by atoms with E-state index in [0.717, 1.165) is 5.92 Å². The van der Waals surface area contributed by atoms with E-state index in [1.54, 1.807) is 0 Å². The summed E-state index contributed by atoms with van der Waals surface area (Å²) < 4.78 is 1.29. The van der Waals surface area contributed by atoms with Crippen molar-refractivity contribution >= 4 is 43.2 Å². The van der Waals surface area contributed by atoms with Crippen molar-refractivity contribution in [1.82, 2.24) is 0 Å². The molecule has 1 unspecified atom stereocenters. The van der Waals surface area contributed by atoms with E-state index < -0.39 is 0 Å². The molecule has 0 amide bonds. The molecule has 1 saturated carbocycles. The van der Waals surface area contributed by atoms with Crippen LogP contribution in [0.2, 0.25) is 0 Å². The van der Waals surface area contributed by atoms with Crippen LogP contribution < -0.4 is 0 Å². The van der Waals surface area contributed by atoms with Crippen molar-refractivity contribution in [2.24, 2.45) is 5.92 Å². The molecule has 1 atom stereocenters. The van der Waals surface area contributed by atoms with Gasteiger partial charge >= 0.3 is 0 Å². The first kappa shape index (κ1) is 12.1. The third-order valence-corrected chi connectivity index (χ3v) is 6.62. The van der Waals surface area contributed by atoms with Gasteiger partial charge in [0.2, 0.25) is 0 Å². The molecule has 15 heavy (non-hydrogen) atoms. The summed E-state index contributed by atoms with van der Waals surface area (Å²) >= 11 is 9.30. The maximum Gasteiger partial charge on any atom is 0.0730 e. The summed E-state index contributed by atoms with van der Waals surface area (Å²) in [5.41, 5.74) is 1.37. The van der Waals surface area contributed by atoms with E-state index in [2.05, 4.69) is 44.8 Å². The average Bonchev–Trinajstić information content (AvgIpc) is 2.78. The van der Waals surface area contributed by atoms with Gasteiger partial charge in [0.15, 0.2) is 0 Å². The highest BCUT2D eigenvalue weighted by atomic mass is 79.9. The molecular weight excluding hydrogens is 336 g/mol.